The summed E-state index contributed by atoms with van der Waals surface area (Å²) in [5.41, 5.74) is 0.517. The topological polar surface area (TPSA) is 9.23 Å². The van der Waals surface area contributed by atoms with Crippen molar-refractivity contribution in [2.45, 2.75) is 54.4 Å². The van der Waals surface area contributed by atoms with E-state index in [-0.39, 0.29) is 0 Å². The minimum atomic E-state index is 0.517. The molecular weight excluding hydrogens is 172 g/mol. The number of hydrogen-bond donors (Lipinski definition) is 0. The smallest absolute Gasteiger partial charge is 0.0542 e. The first kappa shape index (κ1) is 14.0. The fourth-order valence-corrected chi connectivity index (χ4v) is 1.50. The van der Waals surface area contributed by atoms with Crippen LogP contribution in [0.15, 0.2) is 0 Å². The molecule has 0 aromatic carbocycles. The van der Waals surface area contributed by atoms with Gasteiger partial charge >= 0.3 is 0 Å². The van der Waals surface area contributed by atoms with Gasteiger partial charge in [-0.05, 0) is 24.7 Å². The Hall–Kier alpha value is -0.0400. The fraction of sp³-hybridized carbons (Fsp3) is 1.00. The van der Waals surface area contributed by atoms with E-state index in [4.69, 9.17) is 4.74 Å². The second-order valence-electron chi connectivity index (χ2n) is 5.06. The quantitative estimate of drug-likeness (QED) is 0.663. The Morgan fingerprint density at radius 2 is 1.64 bits per heavy atom. The minimum Gasteiger partial charge on any atom is -0.380 e. The molecule has 0 spiro atoms. The van der Waals surface area contributed by atoms with Crippen molar-refractivity contribution in [3.05, 3.63) is 0 Å². The molecule has 1 heteroatoms. The summed E-state index contributed by atoms with van der Waals surface area (Å²) in [6.45, 7) is 15.3. The monoisotopic (exact) mass is 200 g/mol. The van der Waals surface area contributed by atoms with Crippen LogP contribution in [0.3, 0.4) is 0 Å². The van der Waals surface area contributed by atoms with Crippen molar-refractivity contribution in [3.63, 3.8) is 0 Å². The van der Waals surface area contributed by atoms with Gasteiger partial charge in [0.2, 0.25) is 0 Å². The molecule has 0 aromatic rings. The van der Waals surface area contributed by atoms with Gasteiger partial charge in [-0.1, -0.05) is 41.5 Å². The molecule has 1 heterocycles. The van der Waals surface area contributed by atoms with E-state index >= 15 is 0 Å². The second kappa shape index (κ2) is 6.44. The molecule has 1 rings (SSSR count). The zero-order valence-corrected chi connectivity index (χ0v) is 10.9. The van der Waals surface area contributed by atoms with Crippen LogP contribution in [0.25, 0.3) is 0 Å². The Bertz CT molecular complexity index is 136. The third-order valence-electron chi connectivity index (χ3n) is 3.24. The summed E-state index contributed by atoms with van der Waals surface area (Å²) in [6.07, 6.45) is 2.70. The maximum absolute atomic E-state index is 5.23. The SMILES string of the molecule is CC.CC(C)C(C)CCC1(C)COC1. The molecule has 0 saturated carbocycles. The first-order valence-electron chi connectivity index (χ1n) is 6.11. The van der Waals surface area contributed by atoms with Gasteiger partial charge in [0.1, 0.15) is 0 Å². The Kier molecular flexibility index (Phi) is 6.43. The maximum atomic E-state index is 5.23. The Morgan fingerprint density at radius 3 is 1.93 bits per heavy atom. The van der Waals surface area contributed by atoms with Crippen LogP contribution in [0.1, 0.15) is 54.4 Å². The summed E-state index contributed by atoms with van der Waals surface area (Å²) in [5.74, 6) is 1.69. The van der Waals surface area contributed by atoms with E-state index in [2.05, 4.69) is 27.7 Å². The molecule has 0 N–H and O–H groups in total. The molecule has 0 radical (unpaired) electrons. The van der Waals surface area contributed by atoms with E-state index in [9.17, 15) is 0 Å². The highest BCUT2D eigenvalue weighted by Gasteiger charge is 2.33. The van der Waals surface area contributed by atoms with Crippen LogP contribution in [-0.4, -0.2) is 13.2 Å². The van der Waals surface area contributed by atoms with Crippen LogP contribution < -0.4 is 0 Å². The van der Waals surface area contributed by atoms with Crippen molar-refractivity contribution < 1.29 is 4.74 Å². The van der Waals surface area contributed by atoms with Gasteiger partial charge in [-0.3, -0.25) is 0 Å². The molecule has 0 bridgehead atoms. The van der Waals surface area contributed by atoms with Crippen molar-refractivity contribution in [2.75, 3.05) is 13.2 Å². The third-order valence-corrected chi connectivity index (χ3v) is 3.24. The zero-order chi connectivity index (χ0) is 11.2. The van der Waals surface area contributed by atoms with Crippen LogP contribution in [-0.2, 0) is 4.74 Å². The van der Waals surface area contributed by atoms with Gasteiger partial charge in [-0.15, -0.1) is 0 Å². The fourth-order valence-electron chi connectivity index (χ4n) is 1.50. The number of hydrogen-bond acceptors (Lipinski definition) is 1. The number of ether oxygens (including phenoxy) is 1. The lowest BCUT2D eigenvalue weighted by Crippen LogP contribution is -2.39. The molecule has 1 aliphatic rings. The zero-order valence-electron chi connectivity index (χ0n) is 10.9. The maximum Gasteiger partial charge on any atom is 0.0542 e. The summed E-state index contributed by atoms with van der Waals surface area (Å²) in [6, 6.07) is 0. The van der Waals surface area contributed by atoms with E-state index in [1.54, 1.807) is 0 Å². The summed E-state index contributed by atoms with van der Waals surface area (Å²) in [7, 11) is 0. The normalized spacial score (nSPS) is 20.8. The summed E-state index contributed by atoms with van der Waals surface area (Å²) in [4.78, 5) is 0. The lowest BCUT2D eigenvalue weighted by Gasteiger charge is -2.39. The van der Waals surface area contributed by atoms with Crippen molar-refractivity contribution in [1.29, 1.82) is 0 Å². The van der Waals surface area contributed by atoms with Crippen molar-refractivity contribution in [1.82, 2.24) is 0 Å². The summed E-state index contributed by atoms with van der Waals surface area (Å²) >= 11 is 0. The predicted molar refractivity (Wildman–Crippen MR) is 63.5 cm³/mol. The van der Waals surface area contributed by atoms with Crippen LogP contribution in [0.4, 0.5) is 0 Å². The van der Waals surface area contributed by atoms with Gasteiger partial charge in [0, 0.05) is 5.41 Å². The summed E-state index contributed by atoms with van der Waals surface area (Å²) in [5, 5.41) is 0. The predicted octanol–water partition coefficient (Wildman–Crippen LogP) is 4.12. The largest absolute Gasteiger partial charge is 0.380 e. The lowest BCUT2D eigenvalue weighted by molar-refractivity contribution is -0.108. The lowest BCUT2D eigenvalue weighted by atomic mass is 9.79. The van der Waals surface area contributed by atoms with Gasteiger partial charge in [0.05, 0.1) is 13.2 Å². The molecule has 14 heavy (non-hydrogen) atoms. The third kappa shape index (κ3) is 4.45. The van der Waals surface area contributed by atoms with Crippen molar-refractivity contribution >= 4 is 0 Å². The molecular formula is C13H28O. The molecule has 1 aliphatic heterocycles. The van der Waals surface area contributed by atoms with E-state index in [0.29, 0.717) is 5.41 Å². The average Bonchev–Trinajstić information content (AvgIpc) is 2.14. The Balaban J connectivity index is 0.000000791. The molecule has 1 unspecified atom stereocenters. The Labute approximate surface area is 90.2 Å². The highest BCUT2D eigenvalue weighted by atomic mass is 16.5. The average molecular weight is 200 g/mol. The first-order valence-corrected chi connectivity index (χ1v) is 6.11. The highest BCUT2D eigenvalue weighted by molar-refractivity contribution is 4.81. The highest BCUT2D eigenvalue weighted by Crippen LogP contribution is 2.34. The standard InChI is InChI=1S/C11H22O.C2H6/c1-9(2)10(3)5-6-11(4)7-12-8-11;1-2/h9-10H,5-8H2,1-4H3;1-2H3. The van der Waals surface area contributed by atoms with Crippen LogP contribution >= 0.6 is 0 Å². The molecule has 1 fully saturated rings. The molecule has 1 saturated heterocycles. The van der Waals surface area contributed by atoms with Crippen molar-refractivity contribution in [3.8, 4) is 0 Å². The minimum absolute atomic E-state index is 0.517. The van der Waals surface area contributed by atoms with Crippen molar-refractivity contribution in [2.24, 2.45) is 17.3 Å². The van der Waals surface area contributed by atoms with Crippen LogP contribution in [0, 0.1) is 17.3 Å². The molecule has 1 nitrogen and oxygen atoms in total. The molecule has 0 aromatic heterocycles. The molecule has 1 atom stereocenters. The Morgan fingerprint density at radius 1 is 1.14 bits per heavy atom. The van der Waals surface area contributed by atoms with Crippen LogP contribution in [0.5, 0.6) is 0 Å². The number of rotatable bonds is 4. The van der Waals surface area contributed by atoms with Gasteiger partial charge in [-0.25, -0.2) is 0 Å². The molecule has 86 valence electrons. The summed E-state index contributed by atoms with van der Waals surface area (Å²) < 4.78 is 5.23. The van der Waals surface area contributed by atoms with E-state index in [1.165, 1.54) is 12.8 Å². The molecule has 0 amide bonds. The van der Waals surface area contributed by atoms with E-state index in [0.717, 1.165) is 25.0 Å². The van der Waals surface area contributed by atoms with Gasteiger partial charge < -0.3 is 4.74 Å². The first-order chi connectivity index (χ1) is 6.53. The van der Waals surface area contributed by atoms with Gasteiger partial charge in [0.15, 0.2) is 0 Å². The van der Waals surface area contributed by atoms with Crippen LogP contribution in [0.2, 0.25) is 0 Å². The van der Waals surface area contributed by atoms with Gasteiger partial charge in [-0.2, -0.15) is 0 Å². The second-order valence-corrected chi connectivity index (χ2v) is 5.06. The van der Waals surface area contributed by atoms with E-state index in [1.807, 2.05) is 13.8 Å². The van der Waals surface area contributed by atoms with E-state index < -0.39 is 0 Å². The molecule has 0 aliphatic carbocycles. The van der Waals surface area contributed by atoms with Gasteiger partial charge in [0.25, 0.3) is 0 Å².